The maximum absolute atomic E-state index is 12.6. The van der Waals surface area contributed by atoms with Gasteiger partial charge in [-0.25, -0.2) is 15.0 Å². The molecular formula is C20H16F2N6O2S. The van der Waals surface area contributed by atoms with Crippen LogP contribution in [0.4, 0.5) is 20.3 Å². The fourth-order valence-corrected chi connectivity index (χ4v) is 3.77. The summed E-state index contributed by atoms with van der Waals surface area (Å²) < 4.78 is 30.5. The highest BCUT2D eigenvalue weighted by atomic mass is 32.1. The first kappa shape index (κ1) is 20.4. The van der Waals surface area contributed by atoms with Crippen LogP contribution in [0.1, 0.15) is 5.56 Å². The Kier molecular flexibility index (Phi) is 5.58. The van der Waals surface area contributed by atoms with E-state index in [4.69, 9.17) is 5.73 Å². The average molecular weight is 442 g/mol. The van der Waals surface area contributed by atoms with Gasteiger partial charge in [0.25, 0.3) is 0 Å². The lowest BCUT2D eigenvalue weighted by Gasteiger charge is -2.13. The monoisotopic (exact) mass is 442 g/mol. The summed E-state index contributed by atoms with van der Waals surface area (Å²) in [6, 6.07) is 8.59. The zero-order valence-electron chi connectivity index (χ0n) is 16.1. The Morgan fingerprint density at radius 2 is 2.06 bits per heavy atom. The minimum absolute atomic E-state index is 0.0868. The van der Waals surface area contributed by atoms with E-state index >= 15 is 0 Å². The van der Waals surface area contributed by atoms with E-state index < -0.39 is 12.5 Å². The molecule has 0 aliphatic carbocycles. The number of anilines is 2. The molecule has 0 saturated carbocycles. The minimum atomic E-state index is -3.09. The molecule has 31 heavy (non-hydrogen) atoms. The van der Waals surface area contributed by atoms with Gasteiger partial charge in [0.05, 0.1) is 32.2 Å². The topological polar surface area (TPSA) is 119 Å². The number of fused-ring (bicyclic) bond motifs is 2. The van der Waals surface area contributed by atoms with Gasteiger partial charge in [-0.3, -0.25) is 4.99 Å². The second-order valence-electron chi connectivity index (χ2n) is 6.32. The van der Waals surface area contributed by atoms with Gasteiger partial charge in [-0.15, -0.1) is 11.3 Å². The Labute approximate surface area is 178 Å². The number of nitrogens with one attached hydrogen (secondary N) is 1. The predicted molar refractivity (Wildman–Crippen MR) is 117 cm³/mol. The quantitative estimate of drug-likeness (QED) is 0.302. The molecule has 11 heteroatoms. The number of thiazole rings is 1. The van der Waals surface area contributed by atoms with E-state index in [-0.39, 0.29) is 11.3 Å². The van der Waals surface area contributed by atoms with E-state index in [9.17, 15) is 13.9 Å². The van der Waals surface area contributed by atoms with Crippen molar-refractivity contribution < 1.29 is 18.6 Å². The second kappa shape index (κ2) is 8.48. The number of aromatic hydroxyl groups is 1. The molecule has 0 bridgehead atoms. The van der Waals surface area contributed by atoms with E-state index in [0.717, 1.165) is 15.9 Å². The molecule has 0 aliphatic rings. The van der Waals surface area contributed by atoms with Crippen LogP contribution >= 0.6 is 11.3 Å². The van der Waals surface area contributed by atoms with Crippen molar-refractivity contribution in [3.05, 3.63) is 53.6 Å². The van der Waals surface area contributed by atoms with Crippen LogP contribution in [0.3, 0.4) is 0 Å². The van der Waals surface area contributed by atoms with Gasteiger partial charge in [0.1, 0.15) is 17.9 Å². The molecule has 0 spiro atoms. The van der Waals surface area contributed by atoms with E-state index in [1.165, 1.54) is 37.0 Å². The summed E-state index contributed by atoms with van der Waals surface area (Å²) in [6.45, 7) is -3.09. The number of aliphatic imine (C=N–C) groups is 1. The number of nitrogens with two attached hydrogens (primary N) is 1. The lowest BCUT2D eigenvalue weighted by atomic mass is 10.0. The molecule has 4 aromatic rings. The van der Waals surface area contributed by atoms with Crippen LogP contribution in [0.2, 0.25) is 0 Å². The van der Waals surface area contributed by atoms with Crippen molar-refractivity contribution in [3.63, 3.8) is 0 Å². The number of halogens is 2. The zero-order valence-corrected chi connectivity index (χ0v) is 16.9. The number of phenolic OH excluding ortho intramolecular Hbond substituents is 1. The van der Waals surface area contributed by atoms with Crippen LogP contribution in [0.5, 0.6) is 5.75 Å². The third kappa shape index (κ3) is 4.21. The molecule has 0 aliphatic heterocycles. The molecule has 0 unspecified atom stereocenters. The van der Waals surface area contributed by atoms with Gasteiger partial charge >= 0.3 is 6.61 Å². The molecular weight excluding hydrogens is 426 g/mol. The van der Waals surface area contributed by atoms with Crippen LogP contribution in [0.25, 0.3) is 26.7 Å². The van der Waals surface area contributed by atoms with Gasteiger partial charge in [0.15, 0.2) is 5.88 Å². The standard InChI is InChI=1S/C20H16F2N6O2S/c1-24-7-12(18(23)30-20(21)22)10-4-14-17(15(29)5-10)19(26-8-25-14)28-11-2-3-13-16(6-11)31-9-27-13/h2-9,20,29H,23H2,1H3,(H,25,26,28)/b18-12-,24-7?. The lowest BCUT2D eigenvalue weighted by Crippen LogP contribution is -2.11. The van der Waals surface area contributed by atoms with Crippen molar-refractivity contribution in [1.82, 2.24) is 15.0 Å². The van der Waals surface area contributed by atoms with Crippen molar-refractivity contribution in [2.24, 2.45) is 10.7 Å². The molecule has 0 fully saturated rings. The summed E-state index contributed by atoms with van der Waals surface area (Å²) >= 11 is 1.51. The Balaban J connectivity index is 1.78. The number of alkyl halides is 2. The lowest BCUT2D eigenvalue weighted by molar-refractivity contribution is -0.0960. The number of allylic oxidation sites excluding steroid dienone is 1. The van der Waals surface area contributed by atoms with Crippen molar-refractivity contribution in [2.45, 2.75) is 6.61 Å². The fourth-order valence-electron chi connectivity index (χ4n) is 3.06. The van der Waals surface area contributed by atoms with Crippen LogP contribution in [-0.2, 0) is 4.74 Å². The van der Waals surface area contributed by atoms with Gasteiger partial charge in [0, 0.05) is 18.9 Å². The predicted octanol–water partition coefficient (Wildman–Crippen LogP) is 4.26. The van der Waals surface area contributed by atoms with Gasteiger partial charge < -0.3 is 20.9 Å². The van der Waals surface area contributed by atoms with Crippen molar-refractivity contribution in [2.75, 3.05) is 12.4 Å². The molecule has 2 aromatic carbocycles. The number of aromatic nitrogens is 3. The fraction of sp³-hybridized carbons (Fsp3) is 0.100. The SMILES string of the molecule is CN=C/C(=C(\N)OC(F)F)c1cc(O)c2c(Nc3ccc4ncsc4c3)ncnc2c1. The van der Waals surface area contributed by atoms with E-state index in [1.54, 1.807) is 11.6 Å². The summed E-state index contributed by atoms with van der Waals surface area (Å²) in [5, 5.41) is 14.2. The number of hydrogen-bond acceptors (Lipinski definition) is 9. The Hall–Kier alpha value is -3.86. The highest BCUT2D eigenvalue weighted by molar-refractivity contribution is 7.16. The first-order valence-electron chi connectivity index (χ1n) is 8.91. The summed E-state index contributed by atoms with van der Waals surface area (Å²) in [5.74, 6) is -0.310. The summed E-state index contributed by atoms with van der Waals surface area (Å²) in [4.78, 5) is 16.5. The molecule has 0 radical (unpaired) electrons. The normalized spacial score (nSPS) is 12.6. The largest absolute Gasteiger partial charge is 0.507 e. The average Bonchev–Trinajstić information content (AvgIpc) is 3.19. The third-order valence-corrected chi connectivity index (χ3v) is 5.15. The van der Waals surface area contributed by atoms with Crippen molar-refractivity contribution in [3.8, 4) is 5.75 Å². The number of hydrogen-bond donors (Lipinski definition) is 3. The van der Waals surface area contributed by atoms with Crippen molar-refractivity contribution in [1.29, 1.82) is 0 Å². The minimum Gasteiger partial charge on any atom is -0.507 e. The van der Waals surface area contributed by atoms with Crippen LogP contribution in [-0.4, -0.2) is 39.9 Å². The first-order valence-corrected chi connectivity index (χ1v) is 9.79. The Morgan fingerprint density at radius 1 is 1.23 bits per heavy atom. The van der Waals surface area contributed by atoms with E-state index in [0.29, 0.717) is 22.3 Å². The smallest absolute Gasteiger partial charge is 0.388 e. The third-order valence-electron chi connectivity index (χ3n) is 4.36. The number of phenols is 1. The zero-order chi connectivity index (χ0) is 22.0. The number of ether oxygens (including phenoxy) is 1. The highest BCUT2D eigenvalue weighted by Gasteiger charge is 2.16. The van der Waals surface area contributed by atoms with Gasteiger partial charge in [-0.05, 0) is 35.9 Å². The molecule has 4 N–H and O–H groups in total. The molecule has 8 nitrogen and oxygen atoms in total. The molecule has 0 saturated heterocycles. The van der Waals surface area contributed by atoms with Gasteiger partial charge in [0.2, 0.25) is 0 Å². The van der Waals surface area contributed by atoms with Crippen molar-refractivity contribution >= 4 is 55.7 Å². The molecule has 4 rings (SSSR count). The number of rotatable bonds is 6. The van der Waals surface area contributed by atoms with E-state index in [2.05, 4.69) is 30.0 Å². The van der Waals surface area contributed by atoms with Crippen LogP contribution in [0.15, 0.2) is 53.0 Å². The van der Waals surface area contributed by atoms with E-state index in [1.807, 2.05) is 18.2 Å². The van der Waals surface area contributed by atoms with Gasteiger partial charge in [-0.1, -0.05) is 0 Å². The molecule has 0 amide bonds. The second-order valence-corrected chi connectivity index (χ2v) is 7.20. The highest BCUT2D eigenvalue weighted by Crippen LogP contribution is 2.34. The van der Waals surface area contributed by atoms with Crippen LogP contribution in [0, 0.1) is 0 Å². The Bertz CT molecular complexity index is 1320. The molecule has 2 aromatic heterocycles. The number of benzene rings is 2. The maximum atomic E-state index is 12.6. The summed E-state index contributed by atoms with van der Waals surface area (Å²) in [6.07, 6.45) is 2.60. The molecule has 158 valence electrons. The molecule has 2 heterocycles. The van der Waals surface area contributed by atoms with Crippen LogP contribution < -0.4 is 11.1 Å². The summed E-state index contributed by atoms with van der Waals surface area (Å²) in [5.41, 5.74) is 9.83. The van der Waals surface area contributed by atoms with Gasteiger partial charge in [-0.2, -0.15) is 8.78 Å². The first-order chi connectivity index (χ1) is 15.0. The maximum Gasteiger partial charge on any atom is 0.388 e. The Morgan fingerprint density at radius 3 is 2.84 bits per heavy atom. The molecule has 0 atom stereocenters. The number of nitrogens with zero attached hydrogens (tertiary/aromatic N) is 4. The summed E-state index contributed by atoms with van der Waals surface area (Å²) in [7, 11) is 1.46.